The molecule has 0 radical (unpaired) electrons. The molecular weight excluding hydrogens is 178 g/mol. The molecule has 1 atom stereocenters. The fourth-order valence-electron chi connectivity index (χ4n) is 1.90. The molecule has 0 aromatic heterocycles. The van der Waals surface area contributed by atoms with Crippen molar-refractivity contribution in [1.29, 1.82) is 0 Å². The Labute approximate surface area is 86.4 Å². The maximum atomic E-state index is 3.41. The first-order valence-corrected chi connectivity index (χ1v) is 6.63. The summed E-state index contributed by atoms with van der Waals surface area (Å²) in [6.07, 6.45) is 11.4. The Morgan fingerprint density at radius 2 is 2.31 bits per heavy atom. The van der Waals surface area contributed by atoms with Gasteiger partial charge < -0.3 is 5.32 Å². The molecule has 0 aromatic carbocycles. The summed E-state index contributed by atoms with van der Waals surface area (Å²) in [5.74, 6) is 1.21. The van der Waals surface area contributed by atoms with Gasteiger partial charge in [-0.1, -0.05) is 18.1 Å². The third-order valence-corrected chi connectivity index (χ3v) is 3.37. The van der Waals surface area contributed by atoms with E-state index in [0.717, 1.165) is 0 Å². The molecule has 0 fully saturated rings. The lowest BCUT2D eigenvalue weighted by Crippen LogP contribution is -2.29. The van der Waals surface area contributed by atoms with Crippen LogP contribution in [-0.2, 0) is 0 Å². The van der Waals surface area contributed by atoms with Gasteiger partial charge in [-0.15, -0.1) is 0 Å². The van der Waals surface area contributed by atoms with Gasteiger partial charge in [0.05, 0.1) is 0 Å². The predicted octanol–water partition coefficient (Wildman–Crippen LogP) is 2.83. The number of nitrogens with one attached hydrogen (secondary N) is 1. The first kappa shape index (κ1) is 11.1. The molecule has 0 spiro atoms. The minimum atomic E-state index is 0.619. The smallest absolute Gasteiger partial charge is 0.0368 e. The standard InChI is InChI=1S/C11H21NS/c1-12-11(9-13-2)10-7-5-3-4-6-8-10/h7,11-12H,3-6,8-9H2,1-2H3. The van der Waals surface area contributed by atoms with Gasteiger partial charge in [-0.25, -0.2) is 0 Å². The lowest BCUT2D eigenvalue weighted by Gasteiger charge is -2.18. The van der Waals surface area contributed by atoms with Gasteiger partial charge in [-0.05, 0) is 39.0 Å². The van der Waals surface area contributed by atoms with Crippen LogP contribution in [0.2, 0.25) is 0 Å². The number of hydrogen-bond acceptors (Lipinski definition) is 2. The molecule has 1 aliphatic carbocycles. The molecule has 0 saturated heterocycles. The molecule has 0 bridgehead atoms. The van der Waals surface area contributed by atoms with Crippen LogP contribution < -0.4 is 5.32 Å². The second-order valence-electron chi connectivity index (χ2n) is 3.67. The van der Waals surface area contributed by atoms with E-state index in [1.807, 2.05) is 11.8 Å². The number of allylic oxidation sites excluding steroid dienone is 1. The zero-order valence-electron chi connectivity index (χ0n) is 8.81. The van der Waals surface area contributed by atoms with E-state index in [1.165, 1.54) is 37.9 Å². The van der Waals surface area contributed by atoms with Crippen LogP contribution in [0.1, 0.15) is 32.1 Å². The average molecular weight is 199 g/mol. The fraction of sp³-hybridized carbons (Fsp3) is 0.818. The zero-order valence-corrected chi connectivity index (χ0v) is 9.62. The Hall–Kier alpha value is 0.0500. The Morgan fingerprint density at radius 1 is 1.46 bits per heavy atom. The van der Waals surface area contributed by atoms with Crippen molar-refractivity contribution in [2.75, 3.05) is 19.1 Å². The molecule has 1 rings (SSSR count). The topological polar surface area (TPSA) is 12.0 Å². The highest BCUT2D eigenvalue weighted by Crippen LogP contribution is 2.21. The van der Waals surface area contributed by atoms with E-state index in [9.17, 15) is 0 Å². The van der Waals surface area contributed by atoms with Crippen LogP contribution in [0.3, 0.4) is 0 Å². The van der Waals surface area contributed by atoms with Gasteiger partial charge in [0, 0.05) is 11.8 Å². The van der Waals surface area contributed by atoms with Crippen molar-refractivity contribution in [1.82, 2.24) is 5.32 Å². The normalized spacial score (nSPS) is 20.6. The van der Waals surface area contributed by atoms with Crippen LogP contribution in [0, 0.1) is 0 Å². The highest BCUT2D eigenvalue weighted by molar-refractivity contribution is 7.98. The van der Waals surface area contributed by atoms with Crippen LogP contribution in [0.4, 0.5) is 0 Å². The van der Waals surface area contributed by atoms with Crippen LogP contribution >= 0.6 is 11.8 Å². The van der Waals surface area contributed by atoms with E-state index in [4.69, 9.17) is 0 Å². The highest BCUT2D eigenvalue weighted by Gasteiger charge is 2.12. The summed E-state index contributed by atoms with van der Waals surface area (Å²) < 4.78 is 0. The monoisotopic (exact) mass is 199 g/mol. The van der Waals surface area contributed by atoms with E-state index >= 15 is 0 Å². The van der Waals surface area contributed by atoms with Crippen molar-refractivity contribution in [3.05, 3.63) is 11.6 Å². The molecule has 0 heterocycles. The van der Waals surface area contributed by atoms with Crippen molar-refractivity contribution < 1.29 is 0 Å². The third kappa shape index (κ3) is 3.74. The van der Waals surface area contributed by atoms with E-state index in [-0.39, 0.29) is 0 Å². The number of thioether (sulfide) groups is 1. The summed E-state index contributed by atoms with van der Waals surface area (Å²) in [6, 6.07) is 0.619. The molecule has 13 heavy (non-hydrogen) atoms. The first-order valence-electron chi connectivity index (χ1n) is 5.23. The molecule has 1 unspecified atom stereocenters. The molecule has 0 saturated carbocycles. The molecular formula is C11H21NS. The SMILES string of the molecule is CNC(CSC)C1=CCCCCC1. The Balaban J connectivity index is 2.49. The minimum absolute atomic E-state index is 0.619. The van der Waals surface area contributed by atoms with Crippen molar-refractivity contribution in [3.8, 4) is 0 Å². The summed E-state index contributed by atoms with van der Waals surface area (Å²) in [5, 5.41) is 3.41. The largest absolute Gasteiger partial charge is 0.313 e. The van der Waals surface area contributed by atoms with Crippen molar-refractivity contribution in [2.24, 2.45) is 0 Å². The maximum Gasteiger partial charge on any atom is 0.0368 e. The third-order valence-electron chi connectivity index (χ3n) is 2.71. The summed E-state index contributed by atoms with van der Waals surface area (Å²) in [6.45, 7) is 0. The lowest BCUT2D eigenvalue weighted by atomic mass is 10.0. The first-order chi connectivity index (χ1) is 6.38. The number of rotatable bonds is 4. The predicted molar refractivity (Wildman–Crippen MR) is 62.4 cm³/mol. The van der Waals surface area contributed by atoms with Crippen molar-refractivity contribution in [2.45, 2.75) is 38.1 Å². The minimum Gasteiger partial charge on any atom is -0.313 e. The van der Waals surface area contributed by atoms with Gasteiger partial charge in [0.2, 0.25) is 0 Å². The molecule has 0 amide bonds. The number of likely N-dealkylation sites (N-methyl/N-ethyl adjacent to an activating group) is 1. The molecule has 1 aliphatic rings. The number of hydrogen-bond donors (Lipinski definition) is 1. The molecule has 1 N–H and O–H groups in total. The van der Waals surface area contributed by atoms with E-state index in [0.29, 0.717) is 6.04 Å². The van der Waals surface area contributed by atoms with Gasteiger partial charge in [0.1, 0.15) is 0 Å². The van der Waals surface area contributed by atoms with Crippen molar-refractivity contribution >= 4 is 11.8 Å². The van der Waals surface area contributed by atoms with Gasteiger partial charge in [-0.3, -0.25) is 0 Å². The highest BCUT2D eigenvalue weighted by atomic mass is 32.2. The van der Waals surface area contributed by atoms with Crippen LogP contribution in [0.15, 0.2) is 11.6 Å². The van der Waals surface area contributed by atoms with E-state index in [1.54, 1.807) is 5.57 Å². The van der Waals surface area contributed by atoms with E-state index < -0.39 is 0 Å². The molecule has 76 valence electrons. The van der Waals surface area contributed by atoms with Crippen LogP contribution in [0.25, 0.3) is 0 Å². The van der Waals surface area contributed by atoms with Gasteiger partial charge in [-0.2, -0.15) is 11.8 Å². The lowest BCUT2D eigenvalue weighted by molar-refractivity contribution is 0.646. The maximum absolute atomic E-state index is 3.41. The summed E-state index contributed by atoms with van der Waals surface area (Å²) >= 11 is 1.93. The Bertz CT molecular complexity index is 165. The Morgan fingerprint density at radius 3 is 3.00 bits per heavy atom. The van der Waals surface area contributed by atoms with Gasteiger partial charge in [0.15, 0.2) is 0 Å². The van der Waals surface area contributed by atoms with Crippen molar-refractivity contribution in [3.63, 3.8) is 0 Å². The van der Waals surface area contributed by atoms with Crippen LogP contribution in [0.5, 0.6) is 0 Å². The van der Waals surface area contributed by atoms with Crippen LogP contribution in [-0.4, -0.2) is 25.1 Å². The molecule has 0 aromatic rings. The summed E-state index contributed by atoms with van der Waals surface area (Å²) in [7, 11) is 2.08. The second-order valence-corrected chi connectivity index (χ2v) is 4.59. The fourth-order valence-corrected chi connectivity index (χ4v) is 2.61. The molecule has 1 nitrogen and oxygen atoms in total. The Kier molecular flexibility index (Phi) is 5.56. The van der Waals surface area contributed by atoms with E-state index in [2.05, 4.69) is 24.7 Å². The second kappa shape index (κ2) is 6.50. The summed E-state index contributed by atoms with van der Waals surface area (Å²) in [5.41, 5.74) is 1.65. The summed E-state index contributed by atoms with van der Waals surface area (Å²) in [4.78, 5) is 0. The zero-order chi connectivity index (χ0) is 9.52. The molecule has 2 heteroatoms. The van der Waals surface area contributed by atoms with Gasteiger partial charge >= 0.3 is 0 Å². The average Bonchev–Trinajstić information content (AvgIpc) is 2.42. The quantitative estimate of drug-likeness (QED) is 0.699. The molecule has 0 aliphatic heterocycles. The van der Waals surface area contributed by atoms with Gasteiger partial charge in [0.25, 0.3) is 0 Å².